The van der Waals surface area contributed by atoms with Gasteiger partial charge in [0, 0.05) is 0 Å². The van der Waals surface area contributed by atoms with Gasteiger partial charge in [-0.25, -0.2) is 0 Å². The standard InChI is InChI=1S/C14H20BO4/c1-13(2,18)14(3,4)19-15-11-7-5-10(6-8-11)9-12(16)17/h5-8,18H,9H2,1-4H3,(H,16,17). The van der Waals surface area contributed by atoms with Crippen molar-refractivity contribution >= 4 is 18.9 Å². The van der Waals surface area contributed by atoms with Gasteiger partial charge in [0.15, 0.2) is 0 Å². The van der Waals surface area contributed by atoms with Gasteiger partial charge < -0.3 is 14.9 Å². The zero-order chi connectivity index (χ0) is 14.7. The van der Waals surface area contributed by atoms with Gasteiger partial charge in [-0.2, -0.15) is 0 Å². The summed E-state index contributed by atoms with van der Waals surface area (Å²) in [5.74, 6) is -0.851. The molecule has 0 heterocycles. The topological polar surface area (TPSA) is 66.8 Å². The molecule has 1 aromatic rings. The average molecular weight is 263 g/mol. The summed E-state index contributed by atoms with van der Waals surface area (Å²) in [5.41, 5.74) is -0.114. The Morgan fingerprint density at radius 3 is 2.16 bits per heavy atom. The molecule has 19 heavy (non-hydrogen) atoms. The Bertz CT molecular complexity index is 432. The van der Waals surface area contributed by atoms with Crippen molar-refractivity contribution in [1.29, 1.82) is 0 Å². The van der Waals surface area contributed by atoms with Gasteiger partial charge in [0.25, 0.3) is 0 Å². The number of carbonyl (C=O) groups is 1. The summed E-state index contributed by atoms with van der Waals surface area (Å²) in [4.78, 5) is 10.6. The lowest BCUT2D eigenvalue weighted by molar-refractivity contribution is -0.136. The lowest BCUT2D eigenvalue weighted by atomic mass is 9.82. The molecule has 1 radical (unpaired) electrons. The molecule has 1 rings (SSSR count). The highest BCUT2D eigenvalue weighted by molar-refractivity contribution is 6.47. The van der Waals surface area contributed by atoms with Crippen LogP contribution in [0.3, 0.4) is 0 Å². The van der Waals surface area contributed by atoms with E-state index in [1.165, 1.54) is 0 Å². The largest absolute Gasteiger partial charge is 0.481 e. The minimum absolute atomic E-state index is 0.0102. The van der Waals surface area contributed by atoms with E-state index in [9.17, 15) is 9.90 Å². The minimum Gasteiger partial charge on any atom is -0.481 e. The predicted molar refractivity (Wildman–Crippen MR) is 74.6 cm³/mol. The molecule has 0 aliphatic carbocycles. The Hall–Kier alpha value is -1.33. The third kappa shape index (κ3) is 4.69. The van der Waals surface area contributed by atoms with Crippen molar-refractivity contribution in [3.63, 3.8) is 0 Å². The lowest BCUT2D eigenvalue weighted by Gasteiger charge is -2.37. The van der Waals surface area contributed by atoms with Crippen LogP contribution in [-0.4, -0.2) is 34.9 Å². The smallest absolute Gasteiger partial charge is 0.330 e. The fraction of sp³-hybridized carbons (Fsp3) is 0.500. The molecule has 0 amide bonds. The molecule has 0 saturated heterocycles. The maximum absolute atomic E-state index is 10.6. The summed E-state index contributed by atoms with van der Waals surface area (Å²) < 4.78 is 5.61. The number of benzene rings is 1. The van der Waals surface area contributed by atoms with E-state index in [2.05, 4.69) is 0 Å². The monoisotopic (exact) mass is 263 g/mol. The summed E-state index contributed by atoms with van der Waals surface area (Å²) in [6, 6.07) is 7.08. The van der Waals surface area contributed by atoms with E-state index in [0.29, 0.717) is 0 Å². The van der Waals surface area contributed by atoms with E-state index in [-0.39, 0.29) is 6.42 Å². The highest BCUT2D eigenvalue weighted by Crippen LogP contribution is 2.24. The summed E-state index contributed by atoms with van der Waals surface area (Å²) in [6.45, 7) is 7.00. The third-order valence-electron chi connectivity index (χ3n) is 3.30. The first-order valence-corrected chi connectivity index (χ1v) is 6.16. The van der Waals surface area contributed by atoms with E-state index in [1.807, 2.05) is 13.8 Å². The summed E-state index contributed by atoms with van der Waals surface area (Å²) in [6.07, 6.45) is 0.0102. The molecule has 5 heteroatoms. The molecule has 0 saturated carbocycles. The van der Waals surface area contributed by atoms with E-state index >= 15 is 0 Å². The van der Waals surface area contributed by atoms with Crippen molar-refractivity contribution in [3.05, 3.63) is 29.8 Å². The Kier molecular flexibility index (Phi) is 4.77. The molecule has 0 unspecified atom stereocenters. The molecule has 1 aromatic carbocycles. The number of aliphatic carboxylic acids is 1. The fourth-order valence-corrected chi connectivity index (χ4v) is 1.25. The molecular weight excluding hydrogens is 243 g/mol. The molecule has 0 aliphatic heterocycles. The molecule has 0 aromatic heterocycles. The number of carboxylic acid groups (broad SMARTS) is 1. The number of carboxylic acids is 1. The second kappa shape index (κ2) is 5.76. The first kappa shape index (κ1) is 15.7. The Morgan fingerprint density at radius 1 is 1.21 bits per heavy atom. The minimum atomic E-state index is -0.966. The van der Waals surface area contributed by atoms with Crippen molar-refractivity contribution in [3.8, 4) is 0 Å². The van der Waals surface area contributed by atoms with Gasteiger partial charge in [-0.3, -0.25) is 4.79 Å². The van der Waals surface area contributed by atoms with Gasteiger partial charge >= 0.3 is 13.5 Å². The van der Waals surface area contributed by atoms with Gasteiger partial charge in [0.05, 0.1) is 17.6 Å². The second-order valence-electron chi connectivity index (χ2n) is 5.62. The molecule has 0 atom stereocenters. The van der Waals surface area contributed by atoms with Crippen molar-refractivity contribution in [2.24, 2.45) is 0 Å². The highest BCUT2D eigenvalue weighted by atomic mass is 16.5. The van der Waals surface area contributed by atoms with Crippen molar-refractivity contribution in [1.82, 2.24) is 0 Å². The van der Waals surface area contributed by atoms with Crippen molar-refractivity contribution in [2.75, 3.05) is 0 Å². The van der Waals surface area contributed by atoms with Gasteiger partial charge in [0.2, 0.25) is 0 Å². The van der Waals surface area contributed by atoms with E-state index in [0.717, 1.165) is 11.0 Å². The molecular formula is C14H20BO4. The van der Waals surface area contributed by atoms with Crippen LogP contribution in [0.15, 0.2) is 24.3 Å². The zero-order valence-corrected chi connectivity index (χ0v) is 11.8. The second-order valence-corrected chi connectivity index (χ2v) is 5.62. The van der Waals surface area contributed by atoms with Crippen LogP contribution in [0.1, 0.15) is 33.3 Å². The average Bonchev–Trinajstić information content (AvgIpc) is 2.26. The molecule has 0 aliphatic rings. The van der Waals surface area contributed by atoms with Crippen LogP contribution >= 0.6 is 0 Å². The maximum Gasteiger partial charge on any atom is 0.330 e. The van der Waals surface area contributed by atoms with Crippen molar-refractivity contribution < 1.29 is 19.7 Å². The van der Waals surface area contributed by atoms with E-state index < -0.39 is 17.2 Å². The molecule has 0 bridgehead atoms. The molecule has 0 fully saturated rings. The zero-order valence-electron chi connectivity index (χ0n) is 11.8. The number of hydrogen-bond donors (Lipinski definition) is 2. The van der Waals surface area contributed by atoms with Crippen LogP contribution < -0.4 is 5.46 Å². The van der Waals surface area contributed by atoms with E-state index in [4.69, 9.17) is 9.76 Å². The Labute approximate surface area is 114 Å². The molecule has 2 N–H and O–H groups in total. The van der Waals surface area contributed by atoms with E-state index in [1.54, 1.807) is 45.6 Å². The maximum atomic E-state index is 10.6. The normalized spacial score (nSPS) is 12.3. The van der Waals surface area contributed by atoms with Crippen molar-refractivity contribution in [2.45, 2.75) is 45.3 Å². The lowest BCUT2D eigenvalue weighted by Crippen LogP contribution is -2.49. The molecule has 0 spiro atoms. The van der Waals surface area contributed by atoms with Gasteiger partial charge in [-0.15, -0.1) is 0 Å². The SMILES string of the molecule is CC(C)(O)C(C)(C)O[B]c1ccc(CC(=O)O)cc1. The highest BCUT2D eigenvalue weighted by Gasteiger charge is 2.35. The van der Waals surface area contributed by atoms with Crippen LogP contribution in [0.25, 0.3) is 0 Å². The van der Waals surface area contributed by atoms with Gasteiger partial charge in [-0.1, -0.05) is 29.7 Å². The third-order valence-corrected chi connectivity index (χ3v) is 3.30. The summed E-state index contributed by atoms with van der Waals surface area (Å²) in [7, 11) is 1.57. The number of aliphatic hydroxyl groups is 1. The number of rotatable bonds is 6. The summed E-state index contributed by atoms with van der Waals surface area (Å²) in [5, 5.41) is 18.6. The summed E-state index contributed by atoms with van der Waals surface area (Å²) >= 11 is 0. The van der Waals surface area contributed by atoms with Crippen LogP contribution in [0.4, 0.5) is 0 Å². The number of hydrogen-bond acceptors (Lipinski definition) is 3. The van der Waals surface area contributed by atoms with Crippen LogP contribution in [0, 0.1) is 0 Å². The van der Waals surface area contributed by atoms with Gasteiger partial charge in [-0.05, 0) is 33.3 Å². The molecule has 103 valence electrons. The molecule has 4 nitrogen and oxygen atoms in total. The Balaban J connectivity index is 2.62. The first-order valence-electron chi connectivity index (χ1n) is 6.16. The predicted octanol–water partition coefficient (Wildman–Crippen LogP) is 1.12. The van der Waals surface area contributed by atoms with Gasteiger partial charge in [0.1, 0.15) is 0 Å². The van der Waals surface area contributed by atoms with Crippen LogP contribution in [0.2, 0.25) is 0 Å². The Morgan fingerprint density at radius 2 is 1.74 bits per heavy atom. The van der Waals surface area contributed by atoms with Crippen LogP contribution in [0.5, 0.6) is 0 Å². The fourth-order valence-electron chi connectivity index (χ4n) is 1.25. The quantitative estimate of drug-likeness (QED) is 0.755. The van der Waals surface area contributed by atoms with Crippen LogP contribution in [-0.2, 0) is 15.9 Å². The first-order chi connectivity index (χ1) is 8.62.